The largest absolute Gasteiger partial charge is 0.444 e. The molecule has 4 heteroatoms. The van der Waals surface area contributed by atoms with Crippen LogP contribution in [0.25, 0.3) is 0 Å². The molecule has 0 spiro atoms. The van der Waals surface area contributed by atoms with Gasteiger partial charge in [-0.1, -0.05) is 13.3 Å². The molecule has 2 heterocycles. The first-order valence-electron chi connectivity index (χ1n) is 7.01. The molecule has 1 fully saturated rings. The summed E-state index contributed by atoms with van der Waals surface area (Å²) in [5.41, 5.74) is 6.90. The topological polar surface area (TPSA) is 55.3 Å². The molecule has 1 aromatic heterocycles. The Morgan fingerprint density at radius 1 is 1.44 bits per heavy atom. The van der Waals surface area contributed by atoms with Crippen molar-refractivity contribution in [2.75, 3.05) is 13.1 Å². The molecule has 0 radical (unpaired) electrons. The number of hydrogen-bond donors (Lipinski definition) is 1. The summed E-state index contributed by atoms with van der Waals surface area (Å²) in [6.07, 6.45) is 3.75. The zero-order valence-corrected chi connectivity index (χ0v) is 11.8. The number of likely N-dealkylation sites (tertiary alicyclic amines) is 1. The van der Waals surface area contributed by atoms with Gasteiger partial charge in [0.25, 0.3) is 0 Å². The van der Waals surface area contributed by atoms with Crippen LogP contribution in [0.5, 0.6) is 0 Å². The minimum atomic E-state index is 0.483. The van der Waals surface area contributed by atoms with Gasteiger partial charge in [-0.3, -0.25) is 4.90 Å². The lowest BCUT2D eigenvalue weighted by atomic mass is 9.89. The Morgan fingerprint density at radius 3 is 2.78 bits per heavy atom. The van der Waals surface area contributed by atoms with Gasteiger partial charge >= 0.3 is 0 Å². The number of hydrogen-bond acceptors (Lipinski definition) is 4. The normalized spacial score (nSPS) is 25.6. The third-order valence-corrected chi connectivity index (χ3v) is 4.21. The average Bonchev–Trinajstić information content (AvgIpc) is 2.69. The summed E-state index contributed by atoms with van der Waals surface area (Å²) in [6.45, 7) is 8.87. The van der Waals surface area contributed by atoms with Gasteiger partial charge in [0.2, 0.25) is 5.89 Å². The van der Waals surface area contributed by atoms with Gasteiger partial charge in [-0.25, -0.2) is 4.98 Å². The summed E-state index contributed by atoms with van der Waals surface area (Å²) in [4.78, 5) is 6.89. The number of piperidine rings is 1. The van der Waals surface area contributed by atoms with Crippen LogP contribution in [0.1, 0.15) is 43.5 Å². The van der Waals surface area contributed by atoms with Crippen molar-refractivity contribution in [3.8, 4) is 0 Å². The highest BCUT2D eigenvalue weighted by Gasteiger charge is 2.27. The molecule has 1 aliphatic heterocycles. The molecule has 2 N–H and O–H groups in total. The molecule has 1 aliphatic rings. The van der Waals surface area contributed by atoms with E-state index in [-0.39, 0.29) is 0 Å². The Morgan fingerprint density at radius 2 is 2.22 bits per heavy atom. The first-order chi connectivity index (χ1) is 8.63. The van der Waals surface area contributed by atoms with Gasteiger partial charge in [0.1, 0.15) is 5.76 Å². The minimum Gasteiger partial charge on any atom is -0.444 e. The fourth-order valence-electron chi connectivity index (χ4n) is 2.79. The maximum atomic E-state index is 5.91. The van der Waals surface area contributed by atoms with Crippen molar-refractivity contribution in [2.45, 2.75) is 52.6 Å². The van der Waals surface area contributed by atoms with Crippen molar-refractivity contribution in [1.82, 2.24) is 9.88 Å². The molecule has 0 saturated carbocycles. The number of oxazole rings is 1. The maximum absolute atomic E-state index is 5.91. The van der Waals surface area contributed by atoms with Crippen LogP contribution >= 0.6 is 0 Å². The summed E-state index contributed by atoms with van der Waals surface area (Å²) in [5, 5.41) is 0. The molecule has 2 rings (SSSR count). The van der Waals surface area contributed by atoms with Crippen molar-refractivity contribution >= 4 is 0 Å². The van der Waals surface area contributed by atoms with E-state index in [1.54, 1.807) is 0 Å². The molecule has 1 aromatic rings. The summed E-state index contributed by atoms with van der Waals surface area (Å²) < 4.78 is 5.67. The zero-order valence-electron chi connectivity index (χ0n) is 11.8. The molecule has 0 aromatic carbocycles. The molecular formula is C14H25N3O. The van der Waals surface area contributed by atoms with E-state index < -0.39 is 0 Å². The van der Waals surface area contributed by atoms with Crippen molar-refractivity contribution in [3.05, 3.63) is 17.3 Å². The van der Waals surface area contributed by atoms with Crippen LogP contribution in [0.3, 0.4) is 0 Å². The first kappa shape index (κ1) is 13.6. The second kappa shape index (κ2) is 5.85. The highest BCUT2D eigenvalue weighted by Crippen LogP contribution is 2.26. The highest BCUT2D eigenvalue weighted by molar-refractivity contribution is 5.05. The van der Waals surface area contributed by atoms with Crippen LogP contribution in [0.15, 0.2) is 4.42 Å². The fourth-order valence-corrected chi connectivity index (χ4v) is 2.79. The zero-order chi connectivity index (χ0) is 13.1. The van der Waals surface area contributed by atoms with Gasteiger partial charge in [-0.15, -0.1) is 0 Å². The van der Waals surface area contributed by atoms with E-state index in [2.05, 4.69) is 16.8 Å². The predicted octanol–water partition coefficient (Wildman–Crippen LogP) is 2.24. The molecule has 2 unspecified atom stereocenters. The van der Waals surface area contributed by atoms with Crippen LogP contribution in [-0.2, 0) is 6.54 Å². The van der Waals surface area contributed by atoms with Gasteiger partial charge in [0, 0.05) is 12.6 Å². The second-order valence-electron chi connectivity index (χ2n) is 5.41. The molecule has 0 aliphatic carbocycles. The molecule has 0 amide bonds. The van der Waals surface area contributed by atoms with Gasteiger partial charge in [0.05, 0.1) is 12.2 Å². The Balaban J connectivity index is 1.99. The standard InChI is InChI=1S/C14H25N3O/c1-4-12-5-6-17(13(7-12)8-15)9-14-16-10(2)11(3)18-14/h12-13H,4-9,15H2,1-3H3. The van der Waals surface area contributed by atoms with E-state index in [0.717, 1.165) is 42.9 Å². The SMILES string of the molecule is CCC1CCN(Cc2nc(C)c(C)o2)C(CN)C1. The van der Waals surface area contributed by atoms with Gasteiger partial charge in [0.15, 0.2) is 0 Å². The maximum Gasteiger partial charge on any atom is 0.208 e. The third-order valence-electron chi connectivity index (χ3n) is 4.21. The number of rotatable bonds is 4. The lowest BCUT2D eigenvalue weighted by Gasteiger charge is -2.38. The Kier molecular flexibility index (Phi) is 4.40. The van der Waals surface area contributed by atoms with Crippen molar-refractivity contribution in [1.29, 1.82) is 0 Å². The van der Waals surface area contributed by atoms with Crippen molar-refractivity contribution in [2.24, 2.45) is 11.7 Å². The quantitative estimate of drug-likeness (QED) is 0.891. The Bertz CT molecular complexity index is 369. The Hall–Kier alpha value is -0.870. The summed E-state index contributed by atoms with van der Waals surface area (Å²) in [6, 6.07) is 0.483. The van der Waals surface area contributed by atoms with Crippen LogP contribution in [-0.4, -0.2) is 29.0 Å². The third kappa shape index (κ3) is 2.93. The van der Waals surface area contributed by atoms with E-state index in [9.17, 15) is 0 Å². The fraction of sp³-hybridized carbons (Fsp3) is 0.786. The number of nitrogens with two attached hydrogens (primary N) is 1. The molecule has 2 atom stereocenters. The molecule has 4 nitrogen and oxygen atoms in total. The monoisotopic (exact) mass is 251 g/mol. The van der Waals surface area contributed by atoms with E-state index in [1.807, 2.05) is 13.8 Å². The minimum absolute atomic E-state index is 0.483. The lowest BCUT2D eigenvalue weighted by Crippen LogP contribution is -2.46. The lowest BCUT2D eigenvalue weighted by molar-refractivity contribution is 0.0976. The van der Waals surface area contributed by atoms with Crippen molar-refractivity contribution < 1.29 is 4.42 Å². The molecular weight excluding hydrogens is 226 g/mol. The first-order valence-corrected chi connectivity index (χ1v) is 7.01. The predicted molar refractivity (Wildman–Crippen MR) is 72.2 cm³/mol. The second-order valence-corrected chi connectivity index (χ2v) is 5.41. The van der Waals surface area contributed by atoms with E-state index in [0.29, 0.717) is 6.04 Å². The van der Waals surface area contributed by atoms with Gasteiger partial charge < -0.3 is 10.2 Å². The smallest absolute Gasteiger partial charge is 0.208 e. The number of nitrogens with zero attached hydrogens (tertiary/aromatic N) is 2. The highest BCUT2D eigenvalue weighted by atomic mass is 16.4. The number of aryl methyl sites for hydroxylation is 2. The van der Waals surface area contributed by atoms with Crippen LogP contribution in [0, 0.1) is 19.8 Å². The van der Waals surface area contributed by atoms with Gasteiger partial charge in [-0.05, 0) is 39.2 Å². The molecule has 102 valence electrons. The van der Waals surface area contributed by atoms with Gasteiger partial charge in [-0.2, -0.15) is 0 Å². The summed E-state index contributed by atoms with van der Waals surface area (Å²) in [7, 11) is 0. The number of aromatic nitrogens is 1. The van der Waals surface area contributed by atoms with E-state index >= 15 is 0 Å². The molecule has 18 heavy (non-hydrogen) atoms. The summed E-state index contributed by atoms with van der Waals surface area (Å²) >= 11 is 0. The van der Waals surface area contributed by atoms with Crippen LogP contribution in [0.4, 0.5) is 0 Å². The van der Waals surface area contributed by atoms with E-state index in [1.165, 1.54) is 19.3 Å². The summed E-state index contributed by atoms with van der Waals surface area (Å²) in [5.74, 6) is 2.60. The Labute approximate surface area is 110 Å². The van der Waals surface area contributed by atoms with Crippen LogP contribution < -0.4 is 5.73 Å². The molecule has 0 bridgehead atoms. The average molecular weight is 251 g/mol. The van der Waals surface area contributed by atoms with Crippen molar-refractivity contribution in [3.63, 3.8) is 0 Å². The van der Waals surface area contributed by atoms with Crippen LogP contribution in [0.2, 0.25) is 0 Å². The molecule has 1 saturated heterocycles. The van der Waals surface area contributed by atoms with E-state index in [4.69, 9.17) is 10.2 Å².